The molecule has 0 aliphatic heterocycles. The number of alkyl halides is 3. The Bertz CT molecular complexity index is 835. The van der Waals surface area contributed by atoms with E-state index in [0.29, 0.717) is 5.69 Å². The summed E-state index contributed by atoms with van der Waals surface area (Å²) in [5, 5.41) is 7.35. The van der Waals surface area contributed by atoms with Crippen LogP contribution in [0.2, 0.25) is 0 Å². The first-order valence-corrected chi connectivity index (χ1v) is 8.20. The zero-order chi connectivity index (χ0) is 20.0. The molecule has 2 rings (SSSR count). The number of halogens is 3. The monoisotopic (exact) mass is 379 g/mol. The Morgan fingerprint density at radius 1 is 1.00 bits per heavy atom. The molecular formula is C19H20F3N3O2. The van der Waals surface area contributed by atoms with Crippen molar-refractivity contribution in [2.75, 3.05) is 23.7 Å². The second kappa shape index (κ2) is 8.57. The molecule has 2 amide bonds. The molecule has 3 N–H and O–H groups in total. The molecule has 27 heavy (non-hydrogen) atoms. The third kappa shape index (κ3) is 6.32. The highest BCUT2D eigenvalue weighted by Crippen LogP contribution is 2.18. The van der Waals surface area contributed by atoms with Crippen molar-refractivity contribution >= 4 is 23.2 Å². The molecule has 5 nitrogen and oxygen atoms in total. The van der Waals surface area contributed by atoms with E-state index in [0.717, 1.165) is 11.1 Å². The van der Waals surface area contributed by atoms with Crippen LogP contribution in [-0.2, 0) is 4.79 Å². The number of amides is 2. The Kier molecular flexibility index (Phi) is 6.44. The lowest BCUT2D eigenvalue weighted by Gasteiger charge is -2.14. The lowest BCUT2D eigenvalue weighted by molar-refractivity contribution is -0.123. The lowest BCUT2D eigenvalue weighted by Crippen LogP contribution is -2.34. The molecule has 0 aliphatic rings. The van der Waals surface area contributed by atoms with Crippen LogP contribution >= 0.6 is 0 Å². The number of hydrogen-bond acceptors (Lipinski definition) is 3. The zero-order valence-corrected chi connectivity index (χ0v) is 14.9. The zero-order valence-electron chi connectivity index (χ0n) is 14.9. The van der Waals surface area contributed by atoms with Crippen molar-refractivity contribution in [3.8, 4) is 0 Å². The van der Waals surface area contributed by atoms with Crippen LogP contribution in [0.15, 0.2) is 42.5 Å². The van der Waals surface area contributed by atoms with Gasteiger partial charge in [0.05, 0.1) is 12.1 Å². The van der Waals surface area contributed by atoms with E-state index < -0.39 is 18.6 Å². The van der Waals surface area contributed by atoms with Crippen LogP contribution in [0.4, 0.5) is 24.5 Å². The molecule has 0 unspecified atom stereocenters. The summed E-state index contributed by atoms with van der Waals surface area (Å²) in [6.45, 7) is 2.25. The van der Waals surface area contributed by atoms with Crippen LogP contribution in [0.1, 0.15) is 21.5 Å². The van der Waals surface area contributed by atoms with Gasteiger partial charge in [0, 0.05) is 11.4 Å². The number of carbonyl (C=O) groups is 2. The largest absolute Gasteiger partial charge is 0.405 e. The maximum Gasteiger partial charge on any atom is 0.405 e. The van der Waals surface area contributed by atoms with E-state index in [1.807, 2.05) is 31.3 Å². The van der Waals surface area contributed by atoms with Crippen LogP contribution in [-0.4, -0.2) is 31.1 Å². The van der Waals surface area contributed by atoms with Gasteiger partial charge >= 0.3 is 6.18 Å². The second-order valence-electron chi connectivity index (χ2n) is 6.06. The number of nitrogens with one attached hydrogen (secondary N) is 3. The van der Waals surface area contributed by atoms with Gasteiger partial charge in [0.2, 0.25) is 5.91 Å². The van der Waals surface area contributed by atoms with Crippen LogP contribution in [0.5, 0.6) is 0 Å². The highest BCUT2D eigenvalue weighted by molar-refractivity contribution is 6.01. The average Bonchev–Trinajstić information content (AvgIpc) is 2.60. The molecule has 0 radical (unpaired) electrons. The lowest BCUT2D eigenvalue weighted by atomic mass is 10.1. The van der Waals surface area contributed by atoms with E-state index in [-0.39, 0.29) is 23.7 Å². The second-order valence-corrected chi connectivity index (χ2v) is 6.06. The smallest absolute Gasteiger partial charge is 0.376 e. The van der Waals surface area contributed by atoms with E-state index in [9.17, 15) is 22.8 Å². The van der Waals surface area contributed by atoms with E-state index in [2.05, 4.69) is 10.6 Å². The topological polar surface area (TPSA) is 70.2 Å². The van der Waals surface area contributed by atoms with Crippen molar-refractivity contribution in [3.63, 3.8) is 0 Å². The van der Waals surface area contributed by atoms with Gasteiger partial charge < -0.3 is 16.0 Å². The first-order chi connectivity index (χ1) is 12.7. The average molecular weight is 379 g/mol. The maximum absolute atomic E-state index is 12.3. The third-order valence-electron chi connectivity index (χ3n) is 3.72. The van der Waals surface area contributed by atoms with Gasteiger partial charge in [0.15, 0.2) is 0 Å². The number of benzene rings is 2. The summed E-state index contributed by atoms with van der Waals surface area (Å²) in [4.78, 5) is 24.1. The third-order valence-corrected chi connectivity index (χ3v) is 3.72. The SMILES string of the molecule is Cc1ccc(NC(=O)CNc2ccccc2C(=O)NCC(F)(F)F)c(C)c1. The summed E-state index contributed by atoms with van der Waals surface area (Å²) in [7, 11) is 0. The predicted molar refractivity (Wildman–Crippen MR) is 97.9 cm³/mol. The maximum atomic E-state index is 12.3. The van der Waals surface area contributed by atoms with Crippen molar-refractivity contribution in [3.05, 3.63) is 59.2 Å². The fourth-order valence-electron chi connectivity index (χ4n) is 2.43. The molecule has 0 atom stereocenters. The van der Waals surface area contributed by atoms with Gasteiger partial charge in [-0.05, 0) is 37.6 Å². The normalized spacial score (nSPS) is 11.0. The van der Waals surface area contributed by atoms with Crippen molar-refractivity contribution in [2.45, 2.75) is 20.0 Å². The highest BCUT2D eigenvalue weighted by atomic mass is 19.4. The van der Waals surface area contributed by atoms with Gasteiger partial charge in [0.1, 0.15) is 6.54 Å². The minimum absolute atomic E-state index is 0.0288. The van der Waals surface area contributed by atoms with Gasteiger partial charge in [-0.3, -0.25) is 9.59 Å². The van der Waals surface area contributed by atoms with E-state index in [1.54, 1.807) is 12.1 Å². The molecule has 0 spiro atoms. The molecule has 2 aromatic carbocycles. The fourth-order valence-corrected chi connectivity index (χ4v) is 2.43. The van der Waals surface area contributed by atoms with E-state index in [4.69, 9.17) is 0 Å². The van der Waals surface area contributed by atoms with Crippen LogP contribution < -0.4 is 16.0 Å². The summed E-state index contributed by atoms with van der Waals surface area (Å²) in [6.07, 6.45) is -4.50. The van der Waals surface area contributed by atoms with Crippen LogP contribution in [0.25, 0.3) is 0 Å². The van der Waals surface area contributed by atoms with Gasteiger partial charge in [-0.1, -0.05) is 29.8 Å². The molecular weight excluding hydrogens is 359 g/mol. The van der Waals surface area contributed by atoms with Gasteiger partial charge in [-0.25, -0.2) is 0 Å². The minimum Gasteiger partial charge on any atom is -0.376 e. The number of aryl methyl sites for hydroxylation is 2. The van der Waals surface area contributed by atoms with E-state index in [1.165, 1.54) is 18.2 Å². The Balaban J connectivity index is 1.99. The molecule has 0 bridgehead atoms. The summed E-state index contributed by atoms with van der Waals surface area (Å²) >= 11 is 0. The number of hydrogen-bond donors (Lipinski definition) is 3. The molecule has 8 heteroatoms. The van der Waals surface area contributed by atoms with Crippen molar-refractivity contribution in [1.82, 2.24) is 5.32 Å². The number of rotatable bonds is 6. The Labute approximate surface area is 155 Å². The highest BCUT2D eigenvalue weighted by Gasteiger charge is 2.28. The summed E-state index contributed by atoms with van der Waals surface area (Å²) < 4.78 is 36.8. The van der Waals surface area contributed by atoms with Gasteiger partial charge in [-0.15, -0.1) is 0 Å². The summed E-state index contributed by atoms with van der Waals surface area (Å²) in [5.41, 5.74) is 2.95. The minimum atomic E-state index is -4.50. The van der Waals surface area contributed by atoms with Crippen molar-refractivity contribution in [2.24, 2.45) is 0 Å². The molecule has 0 saturated carbocycles. The molecule has 0 heterocycles. The van der Waals surface area contributed by atoms with Crippen molar-refractivity contribution in [1.29, 1.82) is 0 Å². The summed E-state index contributed by atoms with van der Waals surface area (Å²) in [5.74, 6) is -1.21. The summed E-state index contributed by atoms with van der Waals surface area (Å²) in [6, 6.07) is 11.7. The number of anilines is 2. The molecule has 0 aromatic heterocycles. The molecule has 2 aromatic rings. The first kappa shape index (κ1) is 20.3. The molecule has 0 aliphatic carbocycles. The first-order valence-electron chi connectivity index (χ1n) is 8.20. The molecule has 0 fully saturated rings. The Morgan fingerprint density at radius 3 is 2.37 bits per heavy atom. The standard InChI is InChI=1S/C19H20F3N3O2/c1-12-7-8-15(13(2)9-12)25-17(26)10-23-16-6-4-3-5-14(16)18(27)24-11-19(20,21)22/h3-9,23H,10-11H2,1-2H3,(H,24,27)(H,25,26). The van der Waals surface area contributed by atoms with Crippen LogP contribution in [0.3, 0.4) is 0 Å². The van der Waals surface area contributed by atoms with E-state index >= 15 is 0 Å². The predicted octanol–water partition coefficient (Wildman–Crippen LogP) is 3.65. The number of para-hydroxylation sites is 1. The van der Waals surface area contributed by atoms with Crippen LogP contribution in [0, 0.1) is 13.8 Å². The fraction of sp³-hybridized carbons (Fsp3) is 0.263. The molecule has 144 valence electrons. The quantitative estimate of drug-likeness (QED) is 0.718. The van der Waals surface area contributed by atoms with Gasteiger partial charge in [0.25, 0.3) is 5.91 Å². The van der Waals surface area contributed by atoms with Crippen molar-refractivity contribution < 1.29 is 22.8 Å². The Hall–Kier alpha value is -3.03. The Morgan fingerprint density at radius 2 is 1.70 bits per heavy atom. The number of carbonyl (C=O) groups excluding carboxylic acids is 2. The van der Waals surface area contributed by atoms with Gasteiger partial charge in [-0.2, -0.15) is 13.2 Å². The molecule has 0 saturated heterocycles.